The van der Waals surface area contributed by atoms with Gasteiger partial charge in [0.2, 0.25) is 15.9 Å². The zero-order chi connectivity index (χ0) is 20.0. The molecule has 0 fully saturated rings. The Hall–Kier alpha value is -2.83. The van der Waals surface area contributed by atoms with Crippen LogP contribution in [0.4, 0.5) is 5.69 Å². The van der Waals surface area contributed by atoms with Gasteiger partial charge in [-0.1, -0.05) is 0 Å². The molecule has 11 nitrogen and oxygen atoms in total. The van der Waals surface area contributed by atoms with Crippen molar-refractivity contribution in [3.63, 3.8) is 0 Å². The third-order valence-electron chi connectivity index (χ3n) is 3.68. The van der Waals surface area contributed by atoms with E-state index >= 15 is 0 Å². The third-order valence-corrected chi connectivity index (χ3v) is 5.16. The third kappa shape index (κ3) is 5.32. The molecule has 0 aliphatic carbocycles. The van der Waals surface area contributed by atoms with Crippen molar-refractivity contribution < 1.29 is 18.1 Å². The van der Waals surface area contributed by atoms with E-state index in [1.54, 1.807) is 31.2 Å². The van der Waals surface area contributed by atoms with Crippen molar-refractivity contribution in [3.8, 4) is 0 Å². The first kappa shape index (κ1) is 20.5. The molecular formula is C15H20N6O5S. The van der Waals surface area contributed by atoms with Gasteiger partial charge in [0, 0.05) is 44.0 Å². The number of likely N-dealkylation sites (N-methyl/N-ethyl adjacent to an activating group) is 1. The molecule has 0 saturated heterocycles. The fourth-order valence-corrected chi connectivity index (χ4v) is 3.37. The predicted molar refractivity (Wildman–Crippen MR) is 96.3 cm³/mol. The van der Waals surface area contributed by atoms with Crippen molar-refractivity contribution in [2.75, 3.05) is 20.1 Å². The number of nitrogens with one attached hydrogen (secondary N) is 3. The molecule has 1 aromatic carbocycles. The molecule has 1 amide bonds. The second-order valence-electron chi connectivity index (χ2n) is 5.61. The highest BCUT2D eigenvalue weighted by molar-refractivity contribution is 7.89. The molecular weight excluding hydrogens is 376 g/mol. The molecule has 0 radical (unpaired) electrons. The molecule has 0 aliphatic rings. The fraction of sp³-hybridized carbons (Fsp3) is 0.333. The van der Waals surface area contributed by atoms with Gasteiger partial charge >= 0.3 is 0 Å². The number of non-ortho nitro benzene ring substituents is 1. The van der Waals surface area contributed by atoms with Gasteiger partial charge in [-0.3, -0.25) is 19.6 Å². The number of aryl methyl sites for hydroxylation is 1. The predicted octanol–water partition coefficient (Wildman–Crippen LogP) is -0.316. The molecule has 146 valence electrons. The second-order valence-corrected chi connectivity index (χ2v) is 7.38. The summed E-state index contributed by atoms with van der Waals surface area (Å²) in [6.45, 7) is 0.0397. The summed E-state index contributed by atoms with van der Waals surface area (Å²) in [4.78, 5) is 22.1. The van der Waals surface area contributed by atoms with E-state index < -0.39 is 21.0 Å². The average Bonchev–Trinajstić information content (AvgIpc) is 3.05. The normalized spacial score (nSPS) is 12.5. The Kier molecular flexibility index (Phi) is 6.60. The molecule has 1 heterocycles. The second kappa shape index (κ2) is 8.70. The lowest BCUT2D eigenvalue weighted by Crippen LogP contribution is -2.40. The summed E-state index contributed by atoms with van der Waals surface area (Å²) in [5, 5.41) is 20.1. The van der Waals surface area contributed by atoms with Gasteiger partial charge in [-0.2, -0.15) is 5.10 Å². The van der Waals surface area contributed by atoms with Crippen LogP contribution in [0.15, 0.2) is 41.6 Å². The summed E-state index contributed by atoms with van der Waals surface area (Å²) >= 11 is 0. The van der Waals surface area contributed by atoms with E-state index in [-0.39, 0.29) is 29.6 Å². The summed E-state index contributed by atoms with van der Waals surface area (Å²) < 4.78 is 28.2. The molecule has 1 atom stereocenters. The summed E-state index contributed by atoms with van der Waals surface area (Å²) in [7, 11) is -0.457. The molecule has 0 aliphatic heterocycles. The quantitative estimate of drug-likeness (QED) is 0.299. The van der Waals surface area contributed by atoms with Gasteiger partial charge in [0.05, 0.1) is 16.0 Å². The minimum absolute atomic E-state index is 0.0332. The lowest BCUT2D eigenvalue weighted by atomic mass is 10.1. The number of amides is 1. The number of aromatic nitrogens is 2. The Balaban J connectivity index is 1.87. The standard InChI is InChI=1S/C15H20N6O5S/c1-16-14(11-9-18-20(2)10-11)15(22)17-7-8-19-27(25,26)13-5-3-12(4-6-13)21(23)24/h3-6,9-10,14,16,19H,7-8H2,1-2H3,(H,17,22). The van der Waals surface area contributed by atoms with Gasteiger partial charge in [0.15, 0.2) is 0 Å². The summed E-state index contributed by atoms with van der Waals surface area (Å²) in [6.07, 6.45) is 3.27. The Bertz CT molecular complexity index is 909. The number of hydrogen-bond acceptors (Lipinski definition) is 7. The average molecular weight is 396 g/mol. The lowest BCUT2D eigenvalue weighted by molar-refractivity contribution is -0.384. The fourth-order valence-electron chi connectivity index (χ4n) is 2.34. The number of nitro groups is 1. The first-order valence-electron chi connectivity index (χ1n) is 7.92. The minimum atomic E-state index is -3.83. The Morgan fingerprint density at radius 1 is 1.30 bits per heavy atom. The van der Waals surface area contributed by atoms with Crippen LogP contribution >= 0.6 is 0 Å². The molecule has 27 heavy (non-hydrogen) atoms. The van der Waals surface area contributed by atoms with Crippen molar-refractivity contribution in [1.82, 2.24) is 25.1 Å². The van der Waals surface area contributed by atoms with Gasteiger partial charge in [-0.15, -0.1) is 0 Å². The molecule has 0 saturated carbocycles. The van der Waals surface area contributed by atoms with Crippen LogP contribution in [0.2, 0.25) is 0 Å². The zero-order valence-corrected chi connectivity index (χ0v) is 15.6. The van der Waals surface area contributed by atoms with Crippen LogP contribution in [0, 0.1) is 10.1 Å². The van der Waals surface area contributed by atoms with Crippen molar-refractivity contribution in [3.05, 3.63) is 52.3 Å². The number of hydrogen-bond donors (Lipinski definition) is 3. The molecule has 3 N–H and O–H groups in total. The minimum Gasteiger partial charge on any atom is -0.353 e. The summed E-state index contributed by atoms with van der Waals surface area (Å²) in [5.74, 6) is -0.319. The molecule has 2 aromatic rings. The molecule has 12 heteroatoms. The van der Waals surface area contributed by atoms with E-state index in [0.717, 1.165) is 24.3 Å². The maximum atomic E-state index is 12.2. The molecule has 0 spiro atoms. The number of carbonyl (C=O) groups is 1. The van der Waals surface area contributed by atoms with Crippen LogP contribution in [-0.2, 0) is 21.9 Å². The topological polar surface area (TPSA) is 148 Å². The van der Waals surface area contributed by atoms with E-state index in [9.17, 15) is 23.3 Å². The number of sulfonamides is 1. The van der Waals surface area contributed by atoms with E-state index in [4.69, 9.17) is 0 Å². The molecule has 1 aromatic heterocycles. The highest BCUT2D eigenvalue weighted by Gasteiger charge is 2.20. The summed E-state index contributed by atoms with van der Waals surface area (Å²) in [5.41, 5.74) is 0.485. The summed E-state index contributed by atoms with van der Waals surface area (Å²) in [6, 6.07) is 3.92. The van der Waals surface area contributed by atoms with Gasteiger partial charge in [0.25, 0.3) is 5.69 Å². The number of benzene rings is 1. The van der Waals surface area contributed by atoms with Gasteiger partial charge in [-0.25, -0.2) is 13.1 Å². The highest BCUT2D eigenvalue weighted by Crippen LogP contribution is 2.15. The molecule has 2 rings (SSSR count). The van der Waals surface area contributed by atoms with E-state index in [2.05, 4.69) is 20.5 Å². The Morgan fingerprint density at radius 2 is 1.96 bits per heavy atom. The molecule has 0 bridgehead atoms. The van der Waals surface area contributed by atoms with Crippen molar-refractivity contribution in [1.29, 1.82) is 0 Å². The van der Waals surface area contributed by atoms with Crippen LogP contribution in [0.25, 0.3) is 0 Å². The van der Waals surface area contributed by atoms with Crippen molar-refractivity contribution in [2.24, 2.45) is 7.05 Å². The monoisotopic (exact) mass is 396 g/mol. The number of rotatable bonds is 9. The van der Waals surface area contributed by atoms with E-state index in [0.29, 0.717) is 5.56 Å². The van der Waals surface area contributed by atoms with Crippen LogP contribution in [0.1, 0.15) is 11.6 Å². The smallest absolute Gasteiger partial charge is 0.269 e. The van der Waals surface area contributed by atoms with Crippen LogP contribution < -0.4 is 15.4 Å². The van der Waals surface area contributed by atoms with Crippen LogP contribution in [0.3, 0.4) is 0 Å². The van der Waals surface area contributed by atoms with Crippen LogP contribution in [0.5, 0.6) is 0 Å². The molecule has 1 unspecified atom stereocenters. The van der Waals surface area contributed by atoms with Gasteiger partial charge in [0.1, 0.15) is 6.04 Å². The maximum absolute atomic E-state index is 12.2. The van der Waals surface area contributed by atoms with Crippen molar-refractivity contribution in [2.45, 2.75) is 10.9 Å². The number of nitrogens with zero attached hydrogens (tertiary/aromatic N) is 3. The zero-order valence-electron chi connectivity index (χ0n) is 14.7. The largest absolute Gasteiger partial charge is 0.353 e. The Labute approximate surface area is 156 Å². The first-order valence-corrected chi connectivity index (χ1v) is 9.40. The van der Waals surface area contributed by atoms with E-state index in [1.165, 1.54) is 0 Å². The first-order chi connectivity index (χ1) is 12.7. The SMILES string of the molecule is CNC(C(=O)NCCNS(=O)(=O)c1ccc([N+](=O)[O-])cc1)c1cnn(C)c1. The Morgan fingerprint density at radius 3 is 2.48 bits per heavy atom. The van der Waals surface area contributed by atoms with E-state index in [1.807, 2.05) is 0 Å². The number of nitro benzene ring substituents is 1. The van der Waals surface area contributed by atoms with Crippen LogP contribution in [-0.4, -0.2) is 49.2 Å². The number of carbonyl (C=O) groups excluding carboxylic acids is 1. The van der Waals surface area contributed by atoms with Gasteiger partial charge < -0.3 is 10.6 Å². The van der Waals surface area contributed by atoms with Gasteiger partial charge in [-0.05, 0) is 19.2 Å². The lowest BCUT2D eigenvalue weighted by Gasteiger charge is -2.14. The highest BCUT2D eigenvalue weighted by atomic mass is 32.2. The van der Waals surface area contributed by atoms with Crippen molar-refractivity contribution >= 4 is 21.6 Å². The maximum Gasteiger partial charge on any atom is 0.269 e.